The van der Waals surface area contributed by atoms with Crippen LogP contribution in [0.5, 0.6) is 0 Å². The summed E-state index contributed by atoms with van der Waals surface area (Å²) in [7, 11) is 0. The molecule has 0 saturated carbocycles. The molecule has 1 aromatic rings. The Morgan fingerprint density at radius 2 is 1.64 bits per heavy atom. The van der Waals surface area contributed by atoms with Gasteiger partial charge in [0, 0.05) is 24.7 Å². The van der Waals surface area contributed by atoms with Gasteiger partial charge in [0.25, 0.3) is 0 Å². The number of amides is 3. The molecule has 0 spiro atoms. The third-order valence-electron chi connectivity index (χ3n) is 4.69. The Morgan fingerprint density at radius 3 is 2.15 bits per heavy atom. The number of H-pyrrole nitrogens is 1. The van der Waals surface area contributed by atoms with Crippen LogP contribution in [0.25, 0.3) is 0 Å². The van der Waals surface area contributed by atoms with Crippen molar-refractivity contribution in [3.63, 3.8) is 0 Å². The third-order valence-corrected chi connectivity index (χ3v) is 4.69. The van der Waals surface area contributed by atoms with Gasteiger partial charge in [-0.05, 0) is 25.7 Å². The normalized spacial score (nSPS) is 14.6. The third kappa shape index (κ3) is 10.1. The first kappa shape index (κ1) is 27.6. The molecule has 4 unspecified atom stereocenters. The van der Waals surface area contributed by atoms with Gasteiger partial charge in [-0.3, -0.25) is 19.2 Å². The summed E-state index contributed by atoms with van der Waals surface area (Å²) in [5.74, 6) is -4.55. The van der Waals surface area contributed by atoms with Gasteiger partial charge in [0.05, 0.1) is 12.4 Å². The highest BCUT2D eigenvalue weighted by atomic mass is 16.4. The van der Waals surface area contributed by atoms with Crippen LogP contribution in [-0.4, -0.2) is 74.0 Å². The number of carboxylic acid groups (broad SMARTS) is 2. The molecular formula is C20H32N6O7. The van der Waals surface area contributed by atoms with E-state index >= 15 is 0 Å². The molecule has 1 rings (SSSR count). The molecule has 1 heterocycles. The Kier molecular flexibility index (Phi) is 11.0. The molecule has 0 aromatic carbocycles. The minimum atomic E-state index is -1.42. The van der Waals surface area contributed by atoms with Crippen molar-refractivity contribution >= 4 is 29.7 Å². The number of rotatable bonds is 14. The van der Waals surface area contributed by atoms with Crippen LogP contribution in [0.15, 0.2) is 12.5 Å². The fourth-order valence-electron chi connectivity index (χ4n) is 2.91. The van der Waals surface area contributed by atoms with Crippen LogP contribution >= 0.6 is 0 Å². The number of nitrogens with two attached hydrogens (primary N) is 1. The van der Waals surface area contributed by atoms with Crippen LogP contribution in [0.1, 0.15) is 45.7 Å². The number of aromatic amines is 1. The fraction of sp³-hybridized carbons (Fsp3) is 0.600. The van der Waals surface area contributed by atoms with E-state index in [4.69, 9.17) is 15.9 Å². The molecule has 13 heteroatoms. The van der Waals surface area contributed by atoms with Gasteiger partial charge < -0.3 is 36.9 Å². The molecule has 0 aliphatic heterocycles. The lowest BCUT2D eigenvalue weighted by Gasteiger charge is -2.24. The van der Waals surface area contributed by atoms with Gasteiger partial charge >= 0.3 is 11.9 Å². The zero-order valence-electron chi connectivity index (χ0n) is 18.8. The number of aromatic nitrogens is 2. The minimum absolute atomic E-state index is 0.0291. The Morgan fingerprint density at radius 1 is 1.00 bits per heavy atom. The lowest BCUT2D eigenvalue weighted by molar-refractivity contribution is -0.143. The highest BCUT2D eigenvalue weighted by molar-refractivity contribution is 5.94. The summed E-state index contributed by atoms with van der Waals surface area (Å²) in [6, 6.07) is -4.45. The minimum Gasteiger partial charge on any atom is -0.481 e. The Hall–Kier alpha value is -3.48. The monoisotopic (exact) mass is 468 g/mol. The van der Waals surface area contributed by atoms with Crippen LogP contribution in [-0.2, 0) is 30.4 Å². The highest BCUT2D eigenvalue weighted by Gasteiger charge is 2.29. The first-order valence-corrected chi connectivity index (χ1v) is 10.5. The molecule has 1 aromatic heterocycles. The second kappa shape index (κ2) is 13.2. The number of aliphatic carboxylic acids is 2. The number of hydrogen-bond acceptors (Lipinski definition) is 7. The quantitative estimate of drug-likeness (QED) is 0.173. The van der Waals surface area contributed by atoms with Gasteiger partial charge in [-0.15, -0.1) is 0 Å². The Bertz CT molecular complexity index is 827. The molecule has 0 bridgehead atoms. The molecule has 0 saturated heterocycles. The van der Waals surface area contributed by atoms with E-state index in [0.29, 0.717) is 5.69 Å². The summed E-state index contributed by atoms with van der Waals surface area (Å²) in [5.41, 5.74) is 6.57. The predicted molar refractivity (Wildman–Crippen MR) is 116 cm³/mol. The number of imidazole rings is 1. The number of hydrogen-bond donors (Lipinski definition) is 7. The molecule has 8 N–H and O–H groups in total. The van der Waals surface area contributed by atoms with Gasteiger partial charge in [-0.2, -0.15) is 0 Å². The van der Waals surface area contributed by atoms with Crippen LogP contribution in [0, 0.1) is 5.92 Å². The molecular weight excluding hydrogens is 436 g/mol. The maximum absolute atomic E-state index is 12.7. The first-order chi connectivity index (χ1) is 15.4. The molecule has 13 nitrogen and oxygen atoms in total. The van der Waals surface area contributed by atoms with Gasteiger partial charge in [0.1, 0.15) is 18.1 Å². The average Bonchev–Trinajstić information content (AvgIpc) is 3.22. The largest absolute Gasteiger partial charge is 0.481 e. The Labute approximate surface area is 190 Å². The van der Waals surface area contributed by atoms with E-state index in [1.165, 1.54) is 19.4 Å². The molecule has 0 aliphatic rings. The van der Waals surface area contributed by atoms with Crippen LogP contribution in [0.2, 0.25) is 0 Å². The van der Waals surface area contributed by atoms with Crippen molar-refractivity contribution in [3.05, 3.63) is 18.2 Å². The van der Waals surface area contributed by atoms with Crippen LogP contribution < -0.4 is 21.7 Å². The predicted octanol–water partition coefficient (Wildman–Crippen LogP) is -1.25. The molecule has 3 amide bonds. The first-order valence-electron chi connectivity index (χ1n) is 10.5. The van der Waals surface area contributed by atoms with Crippen molar-refractivity contribution < 1.29 is 34.2 Å². The zero-order valence-corrected chi connectivity index (χ0v) is 18.8. The summed E-state index contributed by atoms with van der Waals surface area (Å²) in [4.78, 5) is 66.2. The maximum atomic E-state index is 12.7. The van der Waals surface area contributed by atoms with Gasteiger partial charge in [0.15, 0.2) is 0 Å². The summed E-state index contributed by atoms with van der Waals surface area (Å²) in [5, 5.41) is 25.1. The number of carbonyl (C=O) groups is 5. The molecule has 4 atom stereocenters. The lowest BCUT2D eigenvalue weighted by Crippen LogP contribution is -2.56. The standard InChI is InChI=1S/C20H32N6O7/c1-10(2)6-15(26-18(30)13(21)7-12-8-22-9-23-12)19(31)24-11(3)17(29)25-14(20(32)33)4-5-16(27)28/h8-11,13-15H,4-7,21H2,1-3H3,(H,22,23)(H,24,31)(H,25,29)(H,26,30)(H,27,28)(H,32,33). The lowest BCUT2D eigenvalue weighted by atomic mass is 10.0. The van der Waals surface area contributed by atoms with Crippen molar-refractivity contribution in [2.45, 2.75) is 70.6 Å². The van der Waals surface area contributed by atoms with Crippen molar-refractivity contribution in [2.75, 3.05) is 0 Å². The summed E-state index contributed by atoms with van der Waals surface area (Å²) in [6.45, 7) is 5.06. The fourth-order valence-corrected chi connectivity index (χ4v) is 2.91. The van der Waals surface area contributed by atoms with Crippen molar-refractivity contribution in [1.82, 2.24) is 25.9 Å². The summed E-state index contributed by atoms with van der Waals surface area (Å²) < 4.78 is 0. The molecule has 184 valence electrons. The molecule has 0 fully saturated rings. The second-order valence-corrected chi connectivity index (χ2v) is 8.14. The highest BCUT2D eigenvalue weighted by Crippen LogP contribution is 2.07. The number of nitrogens with zero attached hydrogens (tertiary/aromatic N) is 1. The maximum Gasteiger partial charge on any atom is 0.326 e. The number of carboxylic acids is 2. The summed E-state index contributed by atoms with van der Waals surface area (Å²) in [6.07, 6.45) is 2.70. The molecule has 0 aliphatic carbocycles. The van der Waals surface area contributed by atoms with Crippen molar-refractivity contribution in [3.8, 4) is 0 Å². The number of carbonyl (C=O) groups excluding carboxylic acids is 3. The molecule has 33 heavy (non-hydrogen) atoms. The van der Waals surface area contributed by atoms with E-state index < -0.39 is 60.2 Å². The number of nitrogens with one attached hydrogen (secondary N) is 4. The smallest absolute Gasteiger partial charge is 0.326 e. The topological polar surface area (TPSA) is 217 Å². The van der Waals surface area contributed by atoms with Gasteiger partial charge in [-0.1, -0.05) is 13.8 Å². The van der Waals surface area contributed by atoms with Crippen molar-refractivity contribution in [1.29, 1.82) is 0 Å². The zero-order chi connectivity index (χ0) is 25.1. The van der Waals surface area contributed by atoms with E-state index in [0.717, 1.165) is 0 Å². The van der Waals surface area contributed by atoms with Crippen molar-refractivity contribution in [2.24, 2.45) is 11.7 Å². The molecule has 0 radical (unpaired) electrons. The Balaban J connectivity index is 2.73. The van der Waals surface area contributed by atoms with E-state index in [-0.39, 0.29) is 25.2 Å². The van der Waals surface area contributed by atoms with Gasteiger partial charge in [0.2, 0.25) is 17.7 Å². The van der Waals surface area contributed by atoms with E-state index in [9.17, 15) is 24.0 Å². The van der Waals surface area contributed by atoms with E-state index in [1.807, 2.05) is 13.8 Å². The average molecular weight is 469 g/mol. The summed E-state index contributed by atoms with van der Waals surface area (Å²) >= 11 is 0. The second-order valence-electron chi connectivity index (χ2n) is 8.14. The van der Waals surface area contributed by atoms with E-state index in [1.54, 1.807) is 0 Å². The van der Waals surface area contributed by atoms with Crippen LogP contribution in [0.4, 0.5) is 0 Å². The van der Waals surface area contributed by atoms with Crippen LogP contribution in [0.3, 0.4) is 0 Å². The SMILES string of the molecule is CC(C)CC(NC(=O)C(N)Cc1cnc[nH]1)C(=O)NC(C)C(=O)NC(CCC(=O)O)C(=O)O. The van der Waals surface area contributed by atoms with Gasteiger partial charge in [-0.25, -0.2) is 9.78 Å². The van der Waals surface area contributed by atoms with E-state index in [2.05, 4.69) is 25.9 Å².